The van der Waals surface area contributed by atoms with Crippen molar-refractivity contribution in [3.05, 3.63) is 88.7 Å². The van der Waals surface area contributed by atoms with E-state index < -0.39 is 0 Å². The molecule has 0 unspecified atom stereocenters. The molecule has 2 heterocycles. The van der Waals surface area contributed by atoms with E-state index in [4.69, 9.17) is 23.2 Å². The molecule has 33 heavy (non-hydrogen) atoms. The van der Waals surface area contributed by atoms with Crippen LogP contribution < -0.4 is 5.43 Å². The van der Waals surface area contributed by atoms with Gasteiger partial charge in [0.15, 0.2) is 11.0 Å². The Morgan fingerprint density at radius 1 is 0.970 bits per heavy atom. The van der Waals surface area contributed by atoms with Gasteiger partial charge in [-0.1, -0.05) is 35.0 Å². The summed E-state index contributed by atoms with van der Waals surface area (Å²) in [5, 5.41) is 14.7. The second-order valence-electron chi connectivity index (χ2n) is 6.88. The Morgan fingerprint density at radius 2 is 1.61 bits per heavy atom. The van der Waals surface area contributed by atoms with Crippen LogP contribution in [0.4, 0.5) is 0 Å². The molecule has 0 aliphatic heterocycles. The Kier molecular flexibility index (Phi) is 7.39. The minimum Gasteiger partial charge on any atom is -0.272 e. The van der Waals surface area contributed by atoms with Crippen LogP contribution in [-0.2, 0) is 4.79 Å². The number of aromatic nitrogens is 4. The smallest absolute Gasteiger partial charge is 0.250 e. The number of hydrogen-bond donors (Lipinski definition) is 1. The average molecular weight is 497 g/mol. The standard InChI is InChI=1S/C23H18Cl2N6OS/c1-15(16-10-12-26-13-11-16)27-28-21(32)14-33-23-30-29-22(17-2-4-18(24)5-3-17)31(23)20-8-6-19(25)7-9-20/h2-13H,14H2,1H3,(H,28,32)/b27-15+. The molecule has 0 fully saturated rings. The summed E-state index contributed by atoms with van der Waals surface area (Å²) in [6, 6.07) is 18.3. The van der Waals surface area contributed by atoms with Crippen molar-refractivity contribution in [2.75, 3.05) is 5.75 Å². The monoisotopic (exact) mass is 496 g/mol. The third-order valence-electron chi connectivity index (χ3n) is 4.60. The molecule has 0 radical (unpaired) electrons. The van der Waals surface area contributed by atoms with E-state index in [0.717, 1.165) is 16.8 Å². The lowest BCUT2D eigenvalue weighted by Gasteiger charge is -2.10. The lowest BCUT2D eigenvalue weighted by Crippen LogP contribution is -2.21. The summed E-state index contributed by atoms with van der Waals surface area (Å²) in [4.78, 5) is 16.4. The van der Waals surface area contributed by atoms with Crippen LogP contribution in [0.1, 0.15) is 12.5 Å². The van der Waals surface area contributed by atoms with Crippen molar-refractivity contribution in [2.45, 2.75) is 12.1 Å². The molecular formula is C23H18Cl2N6OS. The quantitative estimate of drug-likeness (QED) is 0.214. The number of nitrogens with zero attached hydrogens (tertiary/aromatic N) is 5. The number of carbonyl (C=O) groups is 1. The molecule has 0 saturated carbocycles. The van der Waals surface area contributed by atoms with Gasteiger partial charge in [0, 0.05) is 39.3 Å². The van der Waals surface area contributed by atoms with Gasteiger partial charge in [-0.05, 0) is 67.6 Å². The highest BCUT2D eigenvalue weighted by molar-refractivity contribution is 7.99. The minimum atomic E-state index is -0.257. The summed E-state index contributed by atoms with van der Waals surface area (Å²) >= 11 is 13.4. The molecule has 0 atom stereocenters. The number of halogens is 2. The second kappa shape index (κ2) is 10.6. The summed E-state index contributed by atoms with van der Waals surface area (Å²) in [6.45, 7) is 1.82. The number of carbonyl (C=O) groups excluding carboxylic acids is 1. The lowest BCUT2D eigenvalue weighted by atomic mass is 10.2. The number of nitrogens with one attached hydrogen (secondary N) is 1. The van der Waals surface area contributed by atoms with Gasteiger partial charge >= 0.3 is 0 Å². The number of thioether (sulfide) groups is 1. The van der Waals surface area contributed by atoms with Crippen LogP contribution in [0.2, 0.25) is 10.0 Å². The number of amides is 1. The van der Waals surface area contributed by atoms with Crippen LogP contribution in [0.25, 0.3) is 17.1 Å². The lowest BCUT2D eigenvalue weighted by molar-refractivity contribution is -0.118. The molecule has 0 spiro atoms. The number of hydrazone groups is 1. The molecule has 1 N–H and O–H groups in total. The predicted octanol–water partition coefficient (Wildman–Crippen LogP) is 5.27. The Labute approximate surface area is 204 Å². The van der Waals surface area contributed by atoms with Crippen LogP contribution in [0.3, 0.4) is 0 Å². The van der Waals surface area contributed by atoms with Gasteiger partial charge in [-0.25, -0.2) is 5.43 Å². The number of hydrogen-bond acceptors (Lipinski definition) is 6. The largest absolute Gasteiger partial charge is 0.272 e. The number of rotatable bonds is 7. The minimum absolute atomic E-state index is 0.111. The summed E-state index contributed by atoms with van der Waals surface area (Å²) in [5.41, 5.74) is 5.81. The van der Waals surface area contributed by atoms with E-state index in [1.54, 1.807) is 36.7 Å². The van der Waals surface area contributed by atoms with Crippen molar-refractivity contribution >= 4 is 46.6 Å². The maximum atomic E-state index is 12.4. The zero-order chi connectivity index (χ0) is 23.2. The Morgan fingerprint density at radius 3 is 2.27 bits per heavy atom. The first-order chi connectivity index (χ1) is 16.0. The highest BCUT2D eigenvalue weighted by Crippen LogP contribution is 2.29. The molecule has 0 saturated heterocycles. The molecule has 1 amide bonds. The molecule has 4 aromatic rings. The van der Waals surface area contributed by atoms with Gasteiger partial charge in [0.25, 0.3) is 5.91 Å². The maximum absolute atomic E-state index is 12.4. The van der Waals surface area contributed by atoms with Crippen LogP contribution in [-0.4, -0.2) is 37.1 Å². The van der Waals surface area contributed by atoms with Gasteiger partial charge in [-0.15, -0.1) is 10.2 Å². The highest BCUT2D eigenvalue weighted by Gasteiger charge is 2.17. The van der Waals surface area contributed by atoms with Crippen molar-refractivity contribution in [3.63, 3.8) is 0 Å². The molecule has 0 bridgehead atoms. The van der Waals surface area contributed by atoms with Crippen LogP contribution >= 0.6 is 35.0 Å². The van der Waals surface area contributed by atoms with E-state index in [9.17, 15) is 4.79 Å². The Bertz CT molecular complexity index is 1270. The first kappa shape index (κ1) is 23.0. The topological polar surface area (TPSA) is 85.1 Å². The summed E-state index contributed by atoms with van der Waals surface area (Å²) in [5.74, 6) is 0.481. The van der Waals surface area contributed by atoms with Crippen molar-refractivity contribution in [2.24, 2.45) is 5.10 Å². The normalized spacial score (nSPS) is 11.4. The first-order valence-corrected chi connectivity index (χ1v) is 11.6. The highest BCUT2D eigenvalue weighted by atomic mass is 35.5. The molecule has 166 valence electrons. The van der Waals surface area contributed by atoms with E-state index in [0.29, 0.717) is 26.7 Å². The van der Waals surface area contributed by atoms with Gasteiger partial charge in [0.2, 0.25) is 0 Å². The zero-order valence-corrected chi connectivity index (χ0v) is 19.8. The van der Waals surface area contributed by atoms with E-state index in [2.05, 4.69) is 25.7 Å². The molecule has 4 rings (SSSR count). The summed E-state index contributed by atoms with van der Waals surface area (Å²) < 4.78 is 1.88. The van der Waals surface area contributed by atoms with Crippen molar-refractivity contribution in [1.29, 1.82) is 0 Å². The Balaban J connectivity index is 1.54. The molecule has 7 nitrogen and oxygen atoms in total. The van der Waals surface area contributed by atoms with Gasteiger partial charge < -0.3 is 0 Å². The molecular weight excluding hydrogens is 479 g/mol. The second-order valence-corrected chi connectivity index (χ2v) is 8.70. The SMILES string of the molecule is C/C(=N\NC(=O)CSc1nnc(-c2ccc(Cl)cc2)n1-c1ccc(Cl)cc1)c1ccncc1. The van der Waals surface area contributed by atoms with E-state index in [-0.39, 0.29) is 11.7 Å². The summed E-state index contributed by atoms with van der Waals surface area (Å²) in [7, 11) is 0. The first-order valence-electron chi connectivity index (χ1n) is 9.85. The molecule has 10 heteroatoms. The van der Waals surface area contributed by atoms with Gasteiger partial charge in [0.1, 0.15) is 0 Å². The van der Waals surface area contributed by atoms with Gasteiger partial charge in [-0.2, -0.15) is 5.10 Å². The van der Waals surface area contributed by atoms with E-state index in [1.165, 1.54) is 11.8 Å². The van der Waals surface area contributed by atoms with Crippen LogP contribution in [0.15, 0.2) is 83.3 Å². The van der Waals surface area contributed by atoms with E-state index >= 15 is 0 Å². The third kappa shape index (κ3) is 5.78. The number of pyridine rings is 1. The van der Waals surface area contributed by atoms with Crippen molar-refractivity contribution in [3.8, 4) is 17.1 Å². The zero-order valence-electron chi connectivity index (χ0n) is 17.4. The fourth-order valence-electron chi connectivity index (χ4n) is 2.94. The fraction of sp³-hybridized carbons (Fsp3) is 0.0870. The molecule has 2 aromatic carbocycles. The van der Waals surface area contributed by atoms with Gasteiger partial charge in [-0.3, -0.25) is 14.3 Å². The van der Waals surface area contributed by atoms with E-state index in [1.807, 2.05) is 47.9 Å². The maximum Gasteiger partial charge on any atom is 0.250 e. The average Bonchev–Trinajstić information content (AvgIpc) is 3.26. The Hall–Kier alpha value is -3.20. The van der Waals surface area contributed by atoms with Crippen LogP contribution in [0.5, 0.6) is 0 Å². The molecule has 2 aromatic heterocycles. The predicted molar refractivity (Wildman–Crippen MR) is 132 cm³/mol. The summed E-state index contributed by atoms with van der Waals surface area (Å²) in [6.07, 6.45) is 3.35. The van der Waals surface area contributed by atoms with Crippen LogP contribution in [0, 0.1) is 0 Å². The fourth-order valence-corrected chi connectivity index (χ4v) is 3.93. The number of benzene rings is 2. The van der Waals surface area contributed by atoms with Gasteiger partial charge in [0.05, 0.1) is 11.5 Å². The molecule has 0 aliphatic carbocycles. The van der Waals surface area contributed by atoms with Crippen molar-refractivity contribution < 1.29 is 4.79 Å². The van der Waals surface area contributed by atoms with Crippen molar-refractivity contribution in [1.82, 2.24) is 25.2 Å². The molecule has 0 aliphatic rings. The third-order valence-corrected chi connectivity index (χ3v) is 6.03.